The third-order valence-electron chi connectivity index (χ3n) is 12.3. The lowest BCUT2D eigenvalue weighted by Gasteiger charge is -2.38. The second-order valence-electron chi connectivity index (χ2n) is 14.3. The highest BCUT2D eigenvalue weighted by Gasteiger charge is 2.50. The second-order valence-corrected chi connectivity index (χ2v) is 14.3. The highest BCUT2D eigenvalue weighted by atomic mass is 14.8. The molecule has 6 aliphatic carbocycles. The summed E-state index contributed by atoms with van der Waals surface area (Å²) in [6.07, 6.45) is 21.0. The zero-order valence-corrected chi connectivity index (χ0v) is 26.3. The first-order chi connectivity index (χ1) is 22.5. The van der Waals surface area contributed by atoms with Crippen molar-refractivity contribution in [1.82, 2.24) is 0 Å². The highest BCUT2D eigenvalue weighted by Crippen LogP contribution is 2.62. The van der Waals surface area contributed by atoms with Crippen LogP contribution < -0.4 is 0 Å². The van der Waals surface area contributed by atoms with Crippen LogP contribution in [0.4, 0.5) is 0 Å². The highest BCUT2D eigenvalue weighted by molar-refractivity contribution is 6.11. The molecular weight excluding hydrogens is 564 g/mol. The molecule has 46 heavy (non-hydrogen) atoms. The molecule has 6 aliphatic rings. The average Bonchev–Trinajstić information content (AvgIpc) is 3.64. The number of nitrogens with zero attached hydrogens (tertiary/aromatic N) is 6. The molecule has 0 radical (unpaired) electrons. The molecule has 6 heteroatoms. The van der Waals surface area contributed by atoms with Crippen LogP contribution in [0.15, 0.2) is 45.6 Å². The quantitative estimate of drug-likeness (QED) is 0.319. The molecule has 2 aromatic carbocycles. The topological polar surface area (TPSA) is 120 Å². The summed E-state index contributed by atoms with van der Waals surface area (Å²) in [5.41, 5.74) is 11.6. The Morgan fingerprint density at radius 2 is 0.804 bits per heavy atom. The van der Waals surface area contributed by atoms with Gasteiger partial charge in [0.15, 0.2) is 0 Å². The molecule has 0 bridgehead atoms. The minimum absolute atomic E-state index is 0.0545. The number of fused-ring (bicyclic) bond motifs is 9. The van der Waals surface area contributed by atoms with Gasteiger partial charge in [0.1, 0.15) is 24.3 Å². The summed E-state index contributed by atoms with van der Waals surface area (Å²) < 4.78 is 0. The molecule has 8 rings (SSSR count). The predicted octanol–water partition coefficient (Wildman–Crippen LogP) is 9.01. The van der Waals surface area contributed by atoms with Gasteiger partial charge in [-0.25, -0.2) is 9.98 Å². The average molecular weight is 601 g/mol. The number of nitriles is 4. The molecule has 2 aromatic rings. The molecule has 0 heterocycles. The van der Waals surface area contributed by atoms with E-state index in [1.165, 1.54) is 76.6 Å². The minimum Gasteiger partial charge on any atom is -0.231 e. The van der Waals surface area contributed by atoms with Crippen molar-refractivity contribution < 1.29 is 0 Å². The Hall–Kier alpha value is -4.78. The number of hydrogen-bond acceptors (Lipinski definition) is 6. The maximum absolute atomic E-state index is 9.60. The van der Waals surface area contributed by atoms with E-state index >= 15 is 0 Å². The summed E-state index contributed by atoms with van der Waals surface area (Å²) in [5.74, 6) is 0. The number of aliphatic imine (C=N–C) groups is 2. The number of benzene rings is 2. The zero-order valence-electron chi connectivity index (χ0n) is 26.3. The lowest BCUT2D eigenvalue weighted by Crippen LogP contribution is -2.30. The van der Waals surface area contributed by atoms with Gasteiger partial charge in [-0.3, -0.25) is 0 Å². The van der Waals surface area contributed by atoms with Gasteiger partial charge in [-0.15, -0.1) is 0 Å². The van der Waals surface area contributed by atoms with Crippen LogP contribution in [0.3, 0.4) is 0 Å². The van der Waals surface area contributed by atoms with Crippen LogP contribution in [-0.4, -0.2) is 11.4 Å². The van der Waals surface area contributed by atoms with Crippen LogP contribution in [0.5, 0.6) is 0 Å². The molecule has 0 aliphatic heterocycles. The maximum Gasteiger partial charge on any atom is 0.218 e. The molecule has 0 saturated heterocycles. The molecule has 6 nitrogen and oxygen atoms in total. The summed E-state index contributed by atoms with van der Waals surface area (Å²) in [7, 11) is 0. The molecule has 3 saturated carbocycles. The normalized spacial score (nSPS) is 21.7. The van der Waals surface area contributed by atoms with Gasteiger partial charge < -0.3 is 0 Å². The fourth-order valence-electron chi connectivity index (χ4n) is 10.3. The van der Waals surface area contributed by atoms with Crippen molar-refractivity contribution >= 4 is 23.6 Å². The van der Waals surface area contributed by atoms with Gasteiger partial charge in [0, 0.05) is 16.2 Å². The first-order valence-electron chi connectivity index (χ1n) is 17.1. The monoisotopic (exact) mass is 600 g/mol. The van der Waals surface area contributed by atoms with E-state index in [-0.39, 0.29) is 27.7 Å². The van der Waals surface area contributed by atoms with Crippen LogP contribution in [0.25, 0.3) is 23.3 Å². The molecule has 0 unspecified atom stereocenters. The summed E-state index contributed by atoms with van der Waals surface area (Å²) >= 11 is 0. The van der Waals surface area contributed by atoms with Crippen molar-refractivity contribution in [2.75, 3.05) is 0 Å². The Labute approximate surface area is 271 Å². The number of rotatable bonds is 2. The van der Waals surface area contributed by atoms with Crippen molar-refractivity contribution in [3.63, 3.8) is 0 Å². The smallest absolute Gasteiger partial charge is 0.218 e. The lowest BCUT2D eigenvalue weighted by atomic mass is 9.66. The Morgan fingerprint density at radius 1 is 0.457 bits per heavy atom. The number of allylic oxidation sites excluding steroid dienone is 2. The van der Waals surface area contributed by atoms with Gasteiger partial charge in [0.25, 0.3) is 0 Å². The zero-order chi connectivity index (χ0) is 31.5. The molecule has 3 spiro atoms. The summed E-state index contributed by atoms with van der Waals surface area (Å²) in [6.45, 7) is 0. The molecular formula is C40H36N6. The van der Waals surface area contributed by atoms with Gasteiger partial charge in [-0.2, -0.15) is 21.0 Å². The van der Waals surface area contributed by atoms with Crippen LogP contribution in [0.2, 0.25) is 0 Å². The van der Waals surface area contributed by atoms with Crippen LogP contribution in [0, 0.1) is 45.3 Å². The number of hydrogen-bond donors (Lipinski definition) is 0. The summed E-state index contributed by atoms with van der Waals surface area (Å²) in [4.78, 5) is 9.39. The summed E-state index contributed by atoms with van der Waals surface area (Å²) in [5, 5.41) is 38.4. The molecule has 0 N–H and O–H groups in total. The molecule has 226 valence electrons. The fraction of sp³-hybridized carbons (Fsp3) is 0.450. The lowest BCUT2D eigenvalue weighted by molar-refractivity contribution is 0.341. The molecule has 0 aromatic heterocycles. The maximum atomic E-state index is 9.60. The van der Waals surface area contributed by atoms with E-state index < -0.39 is 0 Å². The third kappa shape index (κ3) is 3.90. The van der Waals surface area contributed by atoms with Crippen LogP contribution in [-0.2, 0) is 16.2 Å². The van der Waals surface area contributed by atoms with Gasteiger partial charge in [0.2, 0.25) is 11.4 Å². The van der Waals surface area contributed by atoms with Gasteiger partial charge in [0.05, 0.1) is 11.4 Å². The standard InChI is InChI=1S/C40H36N6/c41-22-28(23-42)45-36-18-26-16-34-30(20-32(26)39(36)12-6-2-7-13-39)31-21-33-27(17-35(31)38(34)10-4-1-5-11-38)19-37(46-29(24-43)25-44)40(33)14-8-3-9-15-40/h16-21H,1-15H2. The first-order valence-corrected chi connectivity index (χ1v) is 17.1. The van der Waals surface area contributed by atoms with Crippen molar-refractivity contribution in [3.05, 3.63) is 69.0 Å². The van der Waals surface area contributed by atoms with Crippen molar-refractivity contribution in [2.45, 2.75) is 113 Å². The fourth-order valence-corrected chi connectivity index (χ4v) is 10.3. The van der Waals surface area contributed by atoms with Crippen molar-refractivity contribution in [2.24, 2.45) is 9.98 Å². The third-order valence-corrected chi connectivity index (χ3v) is 12.3. The van der Waals surface area contributed by atoms with E-state index in [1.54, 1.807) is 0 Å². The van der Waals surface area contributed by atoms with Gasteiger partial charge in [-0.05, 0) is 119 Å². The van der Waals surface area contributed by atoms with E-state index in [9.17, 15) is 21.0 Å². The molecule has 0 amide bonds. The van der Waals surface area contributed by atoms with Crippen LogP contribution >= 0.6 is 0 Å². The molecule has 0 atom stereocenters. The van der Waals surface area contributed by atoms with E-state index in [2.05, 4.69) is 36.4 Å². The van der Waals surface area contributed by atoms with Gasteiger partial charge >= 0.3 is 0 Å². The Balaban J connectivity index is 1.35. The van der Waals surface area contributed by atoms with Crippen molar-refractivity contribution in [1.29, 1.82) is 21.0 Å². The van der Waals surface area contributed by atoms with E-state index in [4.69, 9.17) is 9.98 Å². The largest absolute Gasteiger partial charge is 0.231 e. The molecule has 3 fully saturated rings. The van der Waals surface area contributed by atoms with E-state index in [1.807, 2.05) is 24.3 Å². The Kier molecular flexibility index (Phi) is 6.64. The van der Waals surface area contributed by atoms with Crippen molar-refractivity contribution in [3.8, 4) is 35.4 Å². The minimum atomic E-state index is -0.264. The van der Waals surface area contributed by atoms with Crippen LogP contribution in [0.1, 0.15) is 130 Å². The van der Waals surface area contributed by atoms with E-state index in [0.717, 1.165) is 75.6 Å². The summed E-state index contributed by atoms with van der Waals surface area (Å²) in [6, 6.07) is 17.9. The Bertz CT molecular complexity index is 1800. The second kappa shape index (κ2) is 10.6. The van der Waals surface area contributed by atoms with E-state index in [0.29, 0.717) is 0 Å². The Morgan fingerprint density at radius 3 is 1.15 bits per heavy atom. The van der Waals surface area contributed by atoms with Gasteiger partial charge in [-0.1, -0.05) is 57.8 Å². The SMILES string of the molecule is N#CC(C#N)=NC1=Cc2cc3c(cc2C12CCCCC2)-c1cc2c(cc1C31CCCCC1)C=C(N=C(C#N)C#N)C21CCCCC1. The predicted molar refractivity (Wildman–Crippen MR) is 179 cm³/mol. The first kappa shape index (κ1) is 28.7.